The van der Waals surface area contributed by atoms with Gasteiger partial charge in [0.1, 0.15) is 19.3 Å². The van der Waals surface area contributed by atoms with E-state index in [0.717, 1.165) is 134 Å². The van der Waals surface area contributed by atoms with Crippen LogP contribution in [-0.2, 0) is 65.4 Å². The molecule has 0 aliphatic heterocycles. The first-order valence-corrected chi connectivity index (χ1v) is 45.2. The van der Waals surface area contributed by atoms with Crippen molar-refractivity contribution in [3.63, 3.8) is 0 Å². The molecule has 604 valence electrons. The molecule has 0 aromatic carbocycles. The third-order valence-electron chi connectivity index (χ3n) is 18.8. The van der Waals surface area contributed by atoms with Gasteiger partial charge in [-0.2, -0.15) is 0 Å². The van der Waals surface area contributed by atoms with Crippen molar-refractivity contribution in [2.75, 3.05) is 39.6 Å². The third kappa shape index (κ3) is 75.6. The first-order chi connectivity index (χ1) is 49.9. The maximum atomic E-state index is 13.1. The fraction of sp³-hybridized carbons (Fsp3) is 0.857. The van der Waals surface area contributed by atoms with Crippen molar-refractivity contribution >= 4 is 39.5 Å². The molecule has 19 heteroatoms. The van der Waals surface area contributed by atoms with Gasteiger partial charge in [0.15, 0.2) is 12.2 Å². The second-order valence-corrected chi connectivity index (χ2v) is 32.5. The number of aliphatic hydroxyl groups excluding tert-OH is 1. The fourth-order valence-electron chi connectivity index (χ4n) is 12.0. The molecule has 0 fully saturated rings. The Morgan fingerprint density at radius 3 is 0.864 bits per heavy atom. The lowest BCUT2D eigenvalue weighted by Gasteiger charge is -2.21. The van der Waals surface area contributed by atoms with E-state index in [1.54, 1.807) is 0 Å². The van der Waals surface area contributed by atoms with Crippen LogP contribution in [0.5, 0.6) is 0 Å². The van der Waals surface area contributed by atoms with Crippen molar-refractivity contribution in [1.82, 2.24) is 0 Å². The second kappa shape index (κ2) is 74.5. The van der Waals surface area contributed by atoms with Crippen molar-refractivity contribution in [1.29, 1.82) is 0 Å². The third-order valence-corrected chi connectivity index (χ3v) is 20.7. The molecule has 17 nitrogen and oxygen atoms in total. The zero-order valence-corrected chi connectivity index (χ0v) is 68.4. The monoisotopic (exact) mass is 1500 g/mol. The molecule has 0 saturated heterocycles. The van der Waals surface area contributed by atoms with Gasteiger partial charge in [0, 0.05) is 25.7 Å². The minimum absolute atomic E-state index is 0.0824. The summed E-state index contributed by atoms with van der Waals surface area (Å²) in [6.07, 6.45) is 71.0. The van der Waals surface area contributed by atoms with Gasteiger partial charge in [-0.3, -0.25) is 37.3 Å². The van der Waals surface area contributed by atoms with E-state index in [0.29, 0.717) is 25.7 Å². The van der Waals surface area contributed by atoms with Crippen LogP contribution in [0.1, 0.15) is 395 Å². The largest absolute Gasteiger partial charge is 0.472 e. The lowest BCUT2D eigenvalue weighted by molar-refractivity contribution is -0.161. The summed E-state index contributed by atoms with van der Waals surface area (Å²) in [5.41, 5.74) is 0. The van der Waals surface area contributed by atoms with Gasteiger partial charge in [0.2, 0.25) is 0 Å². The summed E-state index contributed by atoms with van der Waals surface area (Å²) >= 11 is 0. The van der Waals surface area contributed by atoms with Gasteiger partial charge in [-0.15, -0.1) is 0 Å². The predicted molar refractivity (Wildman–Crippen MR) is 423 cm³/mol. The Kier molecular flexibility index (Phi) is 72.3. The lowest BCUT2D eigenvalue weighted by Crippen LogP contribution is -2.30. The summed E-state index contributed by atoms with van der Waals surface area (Å²) < 4.78 is 68.7. The fourth-order valence-corrected chi connectivity index (χ4v) is 13.5. The minimum Gasteiger partial charge on any atom is -0.462 e. The summed E-state index contributed by atoms with van der Waals surface area (Å²) in [7, 11) is -9.95. The molecule has 0 radical (unpaired) electrons. The molecule has 3 unspecified atom stereocenters. The van der Waals surface area contributed by atoms with Crippen molar-refractivity contribution in [3.8, 4) is 0 Å². The number of hydrogen-bond donors (Lipinski definition) is 3. The van der Waals surface area contributed by atoms with Crippen LogP contribution in [-0.4, -0.2) is 96.7 Å². The molecular formula is C84H156O17P2. The minimum atomic E-state index is -4.98. The predicted octanol–water partition coefficient (Wildman–Crippen LogP) is 24.6. The van der Waals surface area contributed by atoms with Gasteiger partial charge in [-0.05, 0) is 88.9 Å². The van der Waals surface area contributed by atoms with E-state index >= 15 is 0 Å². The van der Waals surface area contributed by atoms with E-state index in [4.69, 9.17) is 37.0 Å². The molecule has 103 heavy (non-hydrogen) atoms. The number of ether oxygens (including phenoxy) is 4. The summed E-state index contributed by atoms with van der Waals surface area (Å²) in [5.74, 6) is -0.576. The highest BCUT2D eigenvalue weighted by molar-refractivity contribution is 7.47. The first-order valence-electron chi connectivity index (χ1n) is 42.2. The number of allylic oxidation sites excluding steroid dienone is 8. The van der Waals surface area contributed by atoms with Gasteiger partial charge in [-0.1, -0.05) is 341 Å². The number of carbonyl (C=O) groups excluding carboxylic acids is 4. The van der Waals surface area contributed by atoms with Gasteiger partial charge in [0.25, 0.3) is 0 Å². The molecule has 0 aliphatic rings. The molecule has 0 rings (SSSR count). The van der Waals surface area contributed by atoms with Crippen LogP contribution in [0.15, 0.2) is 48.6 Å². The Balaban J connectivity index is 5.31. The Bertz CT molecular complexity index is 2170. The number of phosphoric acid groups is 2. The number of esters is 4. The molecule has 0 heterocycles. The second-order valence-electron chi connectivity index (χ2n) is 29.6. The van der Waals surface area contributed by atoms with Crippen LogP contribution in [0.3, 0.4) is 0 Å². The highest BCUT2D eigenvalue weighted by Crippen LogP contribution is 2.45. The molecule has 0 bridgehead atoms. The van der Waals surface area contributed by atoms with E-state index in [-0.39, 0.29) is 25.7 Å². The molecule has 0 spiro atoms. The number of aliphatic hydroxyl groups is 1. The number of unbranched alkanes of at least 4 members (excludes halogenated alkanes) is 42. The number of phosphoric ester groups is 2. The number of rotatable bonds is 79. The molecular weight excluding hydrogens is 1340 g/mol. The van der Waals surface area contributed by atoms with Gasteiger partial charge in [0.05, 0.1) is 26.4 Å². The average molecular weight is 1500 g/mol. The maximum Gasteiger partial charge on any atom is 0.472 e. The summed E-state index contributed by atoms with van der Waals surface area (Å²) in [4.78, 5) is 73.1. The van der Waals surface area contributed by atoms with E-state index < -0.39 is 97.5 Å². The van der Waals surface area contributed by atoms with Crippen molar-refractivity contribution < 1.29 is 80.2 Å². The van der Waals surface area contributed by atoms with Crippen LogP contribution in [0, 0.1) is 11.8 Å². The SMILES string of the molecule is CCCCCC/C=C\C=C/CCCCCCCC(=O)OC[C@H](COP(=O)(O)OC[C@@H](O)COP(=O)(O)OC[C@@H](COC(=O)CCCCCCCCCCC(C)CC)OC(=O)CCCCCCC/C=C\C=C/CCCCCC)OC(=O)CCCCCCCCCCCCCCCCCCCCC(C)C. The van der Waals surface area contributed by atoms with Crippen molar-refractivity contribution in [2.45, 2.75) is 413 Å². The summed E-state index contributed by atoms with van der Waals surface area (Å²) in [6, 6.07) is 0. The van der Waals surface area contributed by atoms with E-state index in [1.807, 2.05) is 0 Å². The molecule has 0 aromatic rings. The van der Waals surface area contributed by atoms with Crippen LogP contribution >= 0.6 is 15.6 Å². The molecule has 0 amide bonds. The lowest BCUT2D eigenvalue weighted by atomic mass is 9.99. The topological polar surface area (TPSA) is 237 Å². The Morgan fingerprint density at radius 2 is 0.573 bits per heavy atom. The highest BCUT2D eigenvalue weighted by atomic mass is 31.2. The average Bonchev–Trinajstić information content (AvgIpc) is 0.905. The highest BCUT2D eigenvalue weighted by Gasteiger charge is 2.30. The molecule has 0 aliphatic carbocycles. The first kappa shape index (κ1) is 100. The normalized spacial score (nSPS) is 14.4. The Labute approximate surface area is 629 Å². The van der Waals surface area contributed by atoms with Crippen LogP contribution in [0.25, 0.3) is 0 Å². The molecule has 0 saturated carbocycles. The smallest absolute Gasteiger partial charge is 0.462 e. The van der Waals surface area contributed by atoms with E-state index in [1.165, 1.54) is 180 Å². The quantitative estimate of drug-likeness (QED) is 0.0169. The summed E-state index contributed by atoms with van der Waals surface area (Å²) in [6.45, 7) is 9.55. The number of carbonyl (C=O) groups is 4. The Morgan fingerprint density at radius 1 is 0.320 bits per heavy atom. The molecule has 3 N–H and O–H groups in total. The van der Waals surface area contributed by atoms with Crippen molar-refractivity contribution in [3.05, 3.63) is 48.6 Å². The zero-order valence-electron chi connectivity index (χ0n) is 66.6. The maximum absolute atomic E-state index is 13.1. The van der Waals surface area contributed by atoms with Gasteiger partial charge >= 0.3 is 39.5 Å². The molecule has 0 aromatic heterocycles. The summed E-state index contributed by atoms with van der Waals surface area (Å²) in [5, 5.41) is 10.7. The van der Waals surface area contributed by atoms with E-state index in [2.05, 4.69) is 90.2 Å². The molecule has 6 atom stereocenters. The van der Waals surface area contributed by atoms with Crippen LogP contribution in [0.2, 0.25) is 0 Å². The number of hydrogen-bond acceptors (Lipinski definition) is 15. The van der Waals surface area contributed by atoms with Crippen molar-refractivity contribution in [2.24, 2.45) is 11.8 Å². The van der Waals surface area contributed by atoms with Gasteiger partial charge in [-0.25, -0.2) is 9.13 Å². The standard InChI is InChI=1S/C84H156O17P2/c1-7-10-12-14-16-18-20-22-28-33-37-41-48-54-60-66-81(86)94-72-79(100-83(88)69-63-57-51-43-39-35-31-27-25-24-26-30-32-36-40-46-52-58-64-76(4)5)74-98-102(90,91)96-70-78(85)71-97-103(92,93)99-75-80(73-95-82(87)67-61-55-49-45-44-47-53-59-65-77(6)9-3)101-84(89)68-62-56-50-42-38-34-29-23-21-19-17-15-13-11-8-2/h18-23,28-29,76-80,85H,7-17,24-27,30-75H2,1-6H3,(H,90,91)(H,92,93)/b20-18-,21-19-,28-22-,29-23-/t77?,78-,79-,80-/m1/s1. The Hall–Kier alpha value is -2.98. The van der Waals surface area contributed by atoms with Gasteiger partial charge < -0.3 is 33.8 Å². The van der Waals surface area contributed by atoms with E-state index in [9.17, 15) is 43.2 Å². The van der Waals surface area contributed by atoms with Crippen LogP contribution in [0.4, 0.5) is 0 Å². The van der Waals surface area contributed by atoms with Crippen LogP contribution < -0.4 is 0 Å². The zero-order chi connectivity index (χ0) is 75.6.